The number of rotatable bonds is 4. The Balaban J connectivity index is 1.39. The minimum absolute atomic E-state index is 0.0130. The molecule has 7 nitrogen and oxygen atoms in total. The van der Waals surface area contributed by atoms with E-state index in [9.17, 15) is 9.90 Å². The van der Waals surface area contributed by atoms with Crippen LogP contribution in [0.5, 0.6) is 11.5 Å². The molecule has 0 aromatic heterocycles. The normalized spacial score (nSPS) is 31.6. The molecule has 2 aromatic rings. The second-order valence-electron chi connectivity index (χ2n) is 9.64. The van der Waals surface area contributed by atoms with Gasteiger partial charge in [-0.3, -0.25) is 14.6 Å². The fraction of sp³-hybridized carbons (Fsp3) is 0.407. The van der Waals surface area contributed by atoms with Crippen LogP contribution in [-0.4, -0.2) is 49.7 Å². The standard InChI is InChI=1S/C27H28N2O5/c1-15(10-16-8-9-22(30)23(11-16)32-2)25-17-12-24-27(13-20(28-25)18(17)14-34-24)19-6-4-5-7-21(19)29(33-3)26(27)31/h4-11,17-18,20,24,30H,12-14H2,1-3H3/b15-10+/t17-,18+,20+,24-,27+/m1/s1. The van der Waals surface area contributed by atoms with Crippen molar-refractivity contribution >= 4 is 23.4 Å². The van der Waals surface area contributed by atoms with Gasteiger partial charge in [-0.2, -0.15) is 5.06 Å². The van der Waals surface area contributed by atoms with Crippen LogP contribution in [-0.2, 0) is 19.8 Å². The largest absolute Gasteiger partial charge is 0.504 e. The van der Waals surface area contributed by atoms with Gasteiger partial charge in [0.2, 0.25) is 0 Å². The summed E-state index contributed by atoms with van der Waals surface area (Å²) < 4.78 is 11.6. The summed E-state index contributed by atoms with van der Waals surface area (Å²) in [6.45, 7) is 2.69. The zero-order chi connectivity index (χ0) is 23.6. The van der Waals surface area contributed by atoms with Crippen LogP contribution in [0.2, 0.25) is 0 Å². The highest BCUT2D eigenvalue weighted by molar-refractivity contribution is 6.09. The van der Waals surface area contributed by atoms with Crippen molar-refractivity contribution in [3.05, 3.63) is 59.2 Å². The first kappa shape index (κ1) is 21.4. The lowest BCUT2D eigenvalue weighted by Crippen LogP contribution is -2.51. The van der Waals surface area contributed by atoms with Crippen LogP contribution < -0.4 is 9.80 Å². The van der Waals surface area contributed by atoms with Crippen LogP contribution in [0.15, 0.2) is 53.0 Å². The first-order chi connectivity index (χ1) is 16.5. The monoisotopic (exact) mass is 460 g/mol. The summed E-state index contributed by atoms with van der Waals surface area (Å²) >= 11 is 0. The Kier molecular flexibility index (Phi) is 4.83. The molecule has 4 aliphatic heterocycles. The number of hydroxylamine groups is 1. The van der Waals surface area contributed by atoms with E-state index in [-0.39, 0.29) is 35.6 Å². The molecule has 0 unspecified atom stereocenters. The third-order valence-electron chi connectivity index (χ3n) is 8.05. The van der Waals surface area contributed by atoms with E-state index in [0.29, 0.717) is 18.8 Å². The number of carbonyl (C=O) groups excluding carboxylic acids is 1. The highest BCUT2D eigenvalue weighted by Gasteiger charge is 2.64. The molecule has 1 saturated carbocycles. The van der Waals surface area contributed by atoms with Gasteiger partial charge in [0.15, 0.2) is 11.5 Å². The van der Waals surface area contributed by atoms with Crippen LogP contribution in [0.3, 0.4) is 0 Å². The topological polar surface area (TPSA) is 80.6 Å². The molecule has 176 valence electrons. The number of nitrogens with zero attached hydrogens (tertiary/aromatic N) is 2. The molecule has 2 aromatic carbocycles. The summed E-state index contributed by atoms with van der Waals surface area (Å²) in [7, 11) is 3.08. The van der Waals surface area contributed by atoms with E-state index in [1.807, 2.05) is 36.4 Å². The fourth-order valence-corrected chi connectivity index (χ4v) is 6.51. The van der Waals surface area contributed by atoms with Crippen LogP contribution >= 0.6 is 0 Å². The number of para-hydroxylation sites is 1. The van der Waals surface area contributed by atoms with Crippen molar-refractivity contribution in [2.45, 2.75) is 37.3 Å². The van der Waals surface area contributed by atoms with E-state index < -0.39 is 5.41 Å². The van der Waals surface area contributed by atoms with Gasteiger partial charge in [0.1, 0.15) is 5.41 Å². The van der Waals surface area contributed by atoms with Gasteiger partial charge in [0.05, 0.1) is 38.7 Å². The molecule has 4 heterocycles. The quantitative estimate of drug-likeness (QED) is 0.749. The number of aliphatic imine (C=N–C) groups is 1. The SMILES string of the molecule is COc1cc(/C=C(\C)C2=N[C@H]3C[C@@]4(C(=O)N(OC)c5ccccc54)[C@H]4C[C@@H]2[C@@H]3CO4)ccc1O. The average molecular weight is 461 g/mol. The van der Waals surface area contributed by atoms with Crippen LogP contribution in [0, 0.1) is 11.8 Å². The number of anilines is 1. The molecule has 5 aliphatic rings. The Hall–Kier alpha value is -3.16. The third kappa shape index (κ3) is 2.83. The Morgan fingerprint density at radius 1 is 1.26 bits per heavy atom. The number of hydrogen-bond acceptors (Lipinski definition) is 6. The highest BCUT2D eigenvalue weighted by Crippen LogP contribution is 2.57. The highest BCUT2D eigenvalue weighted by atomic mass is 16.7. The molecule has 7 heteroatoms. The summed E-state index contributed by atoms with van der Waals surface area (Å²) in [5.41, 5.74) is 4.17. The van der Waals surface area contributed by atoms with Crippen LogP contribution in [0.1, 0.15) is 30.9 Å². The Labute approximate surface area is 198 Å². The van der Waals surface area contributed by atoms with E-state index in [0.717, 1.165) is 34.5 Å². The van der Waals surface area contributed by atoms with E-state index in [1.54, 1.807) is 13.2 Å². The fourth-order valence-electron chi connectivity index (χ4n) is 6.51. The van der Waals surface area contributed by atoms with Gasteiger partial charge >= 0.3 is 0 Å². The summed E-state index contributed by atoms with van der Waals surface area (Å²) in [4.78, 5) is 24.5. The lowest BCUT2D eigenvalue weighted by molar-refractivity contribution is -0.137. The zero-order valence-electron chi connectivity index (χ0n) is 19.5. The minimum Gasteiger partial charge on any atom is -0.504 e. The molecule has 2 saturated heterocycles. The molecule has 0 radical (unpaired) electrons. The number of phenols is 1. The van der Waals surface area contributed by atoms with Gasteiger partial charge < -0.3 is 14.6 Å². The number of amides is 1. The molecule has 7 rings (SSSR count). The van der Waals surface area contributed by atoms with Crippen LogP contribution in [0.25, 0.3) is 6.08 Å². The van der Waals surface area contributed by atoms with Crippen molar-refractivity contribution in [1.82, 2.24) is 0 Å². The third-order valence-corrected chi connectivity index (χ3v) is 8.05. The second kappa shape index (κ2) is 7.68. The smallest absolute Gasteiger partial charge is 0.264 e. The van der Waals surface area contributed by atoms with Crippen molar-refractivity contribution in [3.8, 4) is 11.5 Å². The van der Waals surface area contributed by atoms with E-state index in [1.165, 1.54) is 12.2 Å². The number of ether oxygens (including phenoxy) is 2. The minimum atomic E-state index is -0.766. The Morgan fingerprint density at radius 3 is 2.88 bits per heavy atom. The molecular formula is C27H28N2O5. The van der Waals surface area contributed by atoms with Crippen molar-refractivity contribution in [2.75, 3.05) is 25.9 Å². The maximum atomic E-state index is 13.8. The summed E-state index contributed by atoms with van der Waals surface area (Å²) in [5, 5.41) is 11.3. The number of fused-ring (bicyclic) bond motifs is 2. The molecular weight excluding hydrogens is 432 g/mol. The molecule has 1 amide bonds. The number of phenolic OH excluding ortho intramolecular Hbond substituents is 1. The number of allylic oxidation sites excluding steroid dienone is 1. The van der Waals surface area contributed by atoms with E-state index in [2.05, 4.69) is 13.0 Å². The number of aromatic hydroxyl groups is 1. The number of methoxy groups -OCH3 is 1. The zero-order valence-corrected chi connectivity index (χ0v) is 19.5. The maximum Gasteiger partial charge on any atom is 0.264 e. The lowest BCUT2D eigenvalue weighted by atomic mass is 9.71. The molecule has 4 bridgehead atoms. The Bertz CT molecular complexity index is 1240. The van der Waals surface area contributed by atoms with Gasteiger partial charge in [-0.1, -0.05) is 30.3 Å². The van der Waals surface area contributed by atoms with Gasteiger partial charge in [0, 0.05) is 17.5 Å². The van der Waals surface area contributed by atoms with Gasteiger partial charge in [-0.25, -0.2) is 0 Å². The second-order valence-corrected chi connectivity index (χ2v) is 9.64. The van der Waals surface area contributed by atoms with Crippen molar-refractivity contribution in [2.24, 2.45) is 16.8 Å². The average Bonchev–Trinajstić information content (AvgIpc) is 3.21. The molecule has 34 heavy (non-hydrogen) atoms. The number of benzene rings is 2. The molecule has 1 N–H and O–H groups in total. The first-order valence-corrected chi connectivity index (χ1v) is 11.7. The van der Waals surface area contributed by atoms with Gasteiger partial charge in [-0.15, -0.1) is 0 Å². The molecule has 1 aliphatic carbocycles. The molecule has 3 fully saturated rings. The first-order valence-electron chi connectivity index (χ1n) is 11.7. The van der Waals surface area contributed by atoms with Crippen LogP contribution in [0.4, 0.5) is 5.69 Å². The van der Waals surface area contributed by atoms with Crippen molar-refractivity contribution in [3.63, 3.8) is 0 Å². The predicted octanol–water partition coefficient (Wildman–Crippen LogP) is 3.90. The Morgan fingerprint density at radius 2 is 2.09 bits per heavy atom. The van der Waals surface area contributed by atoms with E-state index in [4.69, 9.17) is 19.3 Å². The number of hydrogen-bond donors (Lipinski definition) is 1. The molecule has 5 atom stereocenters. The number of carbonyl (C=O) groups is 1. The van der Waals surface area contributed by atoms with E-state index >= 15 is 0 Å². The predicted molar refractivity (Wildman–Crippen MR) is 128 cm³/mol. The summed E-state index contributed by atoms with van der Waals surface area (Å²) in [6.07, 6.45) is 3.24. The maximum absolute atomic E-state index is 13.8. The molecule has 1 spiro atoms. The summed E-state index contributed by atoms with van der Waals surface area (Å²) in [5.74, 6) is 1.03. The van der Waals surface area contributed by atoms with Crippen molar-refractivity contribution in [1.29, 1.82) is 0 Å². The van der Waals surface area contributed by atoms with Gasteiger partial charge in [-0.05, 0) is 54.7 Å². The van der Waals surface area contributed by atoms with Crippen molar-refractivity contribution < 1.29 is 24.2 Å². The van der Waals surface area contributed by atoms with Gasteiger partial charge in [0.25, 0.3) is 5.91 Å². The lowest BCUT2D eigenvalue weighted by Gasteiger charge is -2.38. The summed E-state index contributed by atoms with van der Waals surface area (Å²) in [6, 6.07) is 13.2.